The van der Waals surface area contributed by atoms with Gasteiger partial charge in [0.15, 0.2) is 0 Å². The molecule has 1 N–H and O–H groups in total. The van der Waals surface area contributed by atoms with Crippen LogP contribution >= 0.6 is 11.6 Å². The van der Waals surface area contributed by atoms with Gasteiger partial charge in [-0.1, -0.05) is 11.6 Å². The maximum absolute atomic E-state index is 13.2. The lowest BCUT2D eigenvalue weighted by atomic mass is 10.1. The zero-order valence-electron chi connectivity index (χ0n) is 15.6. The summed E-state index contributed by atoms with van der Waals surface area (Å²) >= 11 is 5.90. The molecule has 1 aliphatic heterocycles. The fraction of sp³-hybridized carbons (Fsp3) is 0.190. The van der Waals surface area contributed by atoms with E-state index in [2.05, 4.69) is 10.4 Å². The van der Waals surface area contributed by atoms with Crippen LogP contribution in [0.5, 0.6) is 0 Å². The fourth-order valence-electron chi connectivity index (χ4n) is 3.35. The van der Waals surface area contributed by atoms with Crippen LogP contribution in [0.4, 0.5) is 15.9 Å². The third kappa shape index (κ3) is 4.00. The van der Waals surface area contributed by atoms with Crippen molar-refractivity contribution < 1.29 is 14.0 Å². The van der Waals surface area contributed by atoms with E-state index in [0.29, 0.717) is 27.9 Å². The number of nitrogens with one attached hydrogen (secondary N) is 1. The summed E-state index contributed by atoms with van der Waals surface area (Å²) in [4.78, 5) is 26.8. The molecule has 1 aromatic heterocycles. The van der Waals surface area contributed by atoms with E-state index < -0.39 is 5.92 Å². The van der Waals surface area contributed by atoms with Gasteiger partial charge in [-0.3, -0.25) is 9.59 Å². The maximum atomic E-state index is 13.2. The van der Waals surface area contributed by atoms with Gasteiger partial charge < -0.3 is 10.2 Å². The number of aryl methyl sites for hydroxylation is 1. The van der Waals surface area contributed by atoms with Crippen LogP contribution in [0.15, 0.2) is 54.6 Å². The van der Waals surface area contributed by atoms with Crippen LogP contribution in [0.2, 0.25) is 5.02 Å². The van der Waals surface area contributed by atoms with Crippen molar-refractivity contribution in [3.63, 3.8) is 0 Å². The Hall–Kier alpha value is -3.19. The van der Waals surface area contributed by atoms with Crippen molar-refractivity contribution in [2.45, 2.75) is 13.3 Å². The summed E-state index contributed by atoms with van der Waals surface area (Å²) < 4.78 is 14.8. The van der Waals surface area contributed by atoms with Crippen molar-refractivity contribution >= 4 is 34.9 Å². The van der Waals surface area contributed by atoms with Gasteiger partial charge in [0.05, 0.1) is 17.3 Å². The van der Waals surface area contributed by atoms with Crippen molar-refractivity contribution in [1.29, 1.82) is 0 Å². The molecule has 4 rings (SSSR count). The quantitative estimate of drug-likeness (QED) is 0.705. The number of rotatable bonds is 4. The summed E-state index contributed by atoms with van der Waals surface area (Å²) in [5.74, 6) is -0.754. The molecule has 0 aliphatic carbocycles. The second kappa shape index (κ2) is 7.67. The number of benzene rings is 2. The molecule has 1 unspecified atom stereocenters. The lowest BCUT2D eigenvalue weighted by Gasteiger charge is -2.17. The number of amides is 2. The molecule has 0 radical (unpaired) electrons. The first-order chi connectivity index (χ1) is 13.9. The zero-order chi connectivity index (χ0) is 20.5. The molecule has 1 fully saturated rings. The first-order valence-electron chi connectivity index (χ1n) is 9.10. The van der Waals surface area contributed by atoms with Gasteiger partial charge in [-0.25, -0.2) is 9.07 Å². The smallest absolute Gasteiger partial charge is 0.230 e. The SMILES string of the molecule is Cc1cc(NC(=O)C2CC(=O)N(c3ccc(Cl)cc3)C2)n(-c2ccc(F)cc2)n1. The van der Waals surface area contributed by atoms with E-state index in [4.69, 9.17) is 11.6 Å². The van der Waals surface area contributed by atoms with Gasteiger partial charge in [0.1, 0.15) is 11.6 Å². The molecule has 3 aromatic rings. The van der Waals surface area contributed by atoms with Gasteiger partial charge in [0.2, 0.25) is 11.8 Å². The molecule has 2 amide bonds. The molecule has 2 heterocycles. The van der Waals surface area contributed by atoms with Gasteiger partial charge in [-0.05, 0) is 55.5 Å². The number of anilines is 2. The molecular weight excluding hydrogens is 395 g/mol. The first kappa shape index (κ1) is 19.1. The highest BCUT2D eigenvalue weighted by atomic mass is 35.5. The predicted molar refractivity (Wildman–Crippen MR) is 109 cm³/mol. The lowest BCUT2D eigenvalue weighted by molar-refractivity contribution is -0.122. The van der Waals surface area contributed by atoms with Crippen LogP contribution in [0.3, 0.4) is 0 Å². The Morgan fingerprint density at radius 3 is 2.48 bits per heavy atom. The van der Waals surface area contributed by atoms with Crippen LogP contribution in [0, 0.1) is 18.7 Å². The highest BCUT2D eigenvalue weighted by molar-refractivity contribution is 6.30. The molecule has 0 spiro atoms. The lowest BCUT2D eigenvalue weighted by Crippen LogP contribution is -2.28. The Morgan fingerprint density at radius 2 is 1.79 bits per heavy atom. The van der Waals surface area contributed by atoms with E-state index in [-0.39, 0.29) is 30.6 Å². The number of halogens is 2. The molecule has 1 saturated heterocycles. The predicted octanol–water partition coefficient (Wildman–Crippen LogP) is 3.96. The molecule has 6 nitrogen and oxygen atoms in total. The molecule has 1 atom stereocenters. The molecule has 8 heteroatoms. The minimum Gasteiger partial charge on any atom is -0.312 e. The highest BCUT2D eigenvalue weighted by Crippen LogP contribution is 2.27. The van der Waals surface area contributed by atoms with Crippen molar-refractivity contribution in [2.75, 3.05) is 16.8 Å². The number of hydrogen-bond acceptors (Lipinski definition) is 3. The maximum Gasteiger partial charge on any atom is 0.230 e. The Bertz CT molecular complexity index is 1060. The van der Waals surface area contributed by atoms with Gasteiger partial charge in [-0.15, -0.1) is 0 Å². The van der Waals surface area contributed by atoms with Crippen LogP contribution in [-0.2, 0) is 9.59 Å². The Balaban J connectivity index is 1.51. The number of aromatic nitrogens is 2. The van der Waals surface area contributed by atoms with Crippen molar-refractivity contribution in [2.24, 2.45) is 5.92 Å². The Kier molecular flexibility index (Phi) is 5.07. The number of hydrogen-bond donors (Lipinski definition) is 1. The van der Waals surface area contributed by atoms with E-state index in [1.54, 1.807) is 59.0 Å². The van der Waals surface area contributed by atoms with Crippen LogP contribution in [0.25, 0.3) is 5.69 Å². The normalized spacial score (nSPS) is 16.3. The average Bonchev–Trinajstić information content (AvgIpc) is 3.26. The molecule has 2 aromatic carbocycles. The minimum absolute atomic E-state index is 0.115. The van der Waals surface area contributed by atoms with E-state index in [1.165, 1.54) is 12.1 Å². The summed E-state index contributed by atoms with van der Waals surface area (Å²) in [5, 5.41) is 7.80. The molecule has 1 aliphatic rings. The van der Waals surface area contributed by atoms with Gasteiger partial charge in [0.25, 0.3) is 0 Å². The van der Waals surface area contributed by atoms with Crippen LogP contribution in [-0.4, -0.2) is 28.1 Å². The summed E-state index contributed by atoms with van der Waals surface area (Å²) in [6, 6.07) is 14.5. The van der Waals surface area contributed by atoms with Crippen LogP contribution in [0.1, 0.15) is 12.1 Å². The largest absolute Gasteiger partial charge is 0.312 e. The molecule has 0 bridgehead atoms. The summed E-state index contributed by atoms with van der Waals surface area (Å²) in [5.41, 5.74) is 2.04. The number of carbonyl (C=O) groups excluding carboxylic acids is 2. The van der Waals surface area contributed by atoms with E-state index >= 15 is 0 Å². The van der Waals surface area contributed by atoms with Crippen molar-refractivity contribution in [3.05, 3.63) is 71.1 Å². The third-order valence-electron chi connectivity index (χ3n) is 4.79. The number of carbonyl (C=O) groups is 2. The van der Waals surface area contributed by atoms with Gasteiger partial charge in [0, 0.05) is 29.7 Å². The standard InChI is InChI=1S/C21H18ClFN4O2/c1-13-10-19(27(25-13)18-8-4-16(23)5-9-18)24-21(29)14-11-20(28)26(12-14)17-6-2-15(22)3-7-17/h2-10,14H,11-12H2,1H3,(H,24,29). The molecule has 0 saturated carbocycles. The van der Waals surface area contributed by atoms with E-state index in [9.17, 15) is 14.0 Å². The topological polar surface area (TPSA) is 67.2 Å². The third-order valence-corrected chi connectivity index (χ3v) is 5.04. The average molecular weight is 413 g/mol. The van der Waals surface area contributed by atoms with Crippen LogP contribution < -0.4 is 10.2 Å². The van der Waals surface area contributed by atoms with Crippen molar-refractivity contribution in [1.82, 2.24) is 9.78 Å². The van der Waals surface area contributed by atoms with Gasteiger partial charge in [-0.2, -0.15) is 5.10 Å². The van der Waals surface area contributed by atoms with E-state index in [0.717, 1.165) is 0 Å². The summed E-state index contributed by atoms with van der Waals surface area (Å²) in [6.45, 7) is 2.09. The van der Waals surface area contributed by atoms with E-state index in [1.807, 2.05) is 0 Å². The number of nitrogens with zero attached hydrogens (tertiary/aromatic N) is 3. The summed E-state index contributed by atoms with van der Waals surface area (Å²) in [7, 11) is 0. The summed E-state index contributed by atoms with van der Waals surface area (Å²) in [6.07, 6.45) is 0.123. The monoisotopic (exact) mass is 412 g/mol. The second-order valence-corrected chi connectivity index (χ2v) is 7.37. The molecular formula is C21H18ClFN4O2. The molecule has 148 valence electrons. The Morgan fingerprint density at radius 1 is 1.14 bits per heavy atom. The minimum atomic E-state index is -0.491. The van der Waals surface area contributed by atoms with Crippen molar-refractivity contribution in [3.8, 4) is 5.69 Å². The molecule has 29 heavy (non-hydrogen) atoms. The fourth-order valence-corrected chi connectivity index (χ4v) is 3.48. The highest BCUT2D eigenvalue weighted by Gasteiger charge is 2.35. The zero-order valence-corrected chi connectivity index (χ0v) is 16.4. The van der Waals surface area contributed by atoms with Gasteiger partial charge >= 0.3 is 0 Å². The Labute approximate surface area is 171 Å². The second-order valence-electron chi connectivity index (χ2n) is 6.93. The first-order valence-corrected chi connectivity index (χ1v) is 9.48.